The number of pyridine rings is 1. The van der Waals surface area contributed by atoms with E-state index in [2.05, 4.69) is 15.1 Å². The van der Waals surface area contributed by atoms with Gasteiger partial charge in [0.1, 0.15) is 19.3 Å². The van der Waals surface area contributed by atoms with Crippen LogP contribution in [0.4, 0.5) is 0 Å². The molecule has 4 rings (SSSR count). The number of nitrogens with zero attached hydrogens (tertiary/aromatic N) is 3. The van der Waals surface area contributed by atoms with Gasteiger partial charge in [-0.1, -0.05) is 37.3 Å². The number of hydrogen-bond donors (Lipinski definition) is 1. The summed E-state index contributed by atoms with van der Waals surface area (Å²) in [5, 5.41) is 14.7. The van der Waals surface area contributed by atoms with Crippen LogP contribution < -0.4 is 9.47 Å². The summed E-state index contributed by atoms with van der Waals surface area (Å²) < 4.78 is 16.3. The van der Waals surface area contributed by atoms with Crippen LogP contribution in [0.25, 0.3) is 11.4 Å². The molecule has 0 spiro atoms. The van der Waals surface area contributed by atoms with Gasteiger partial charge >= 0.3 is 0 Å². The molecule has 0 radical (unpaired) electrons. The molecule has 0 saturated heterocycles. The second-order valence-corrected chi connectivity index (χ2v) is 6.73. The fourth-order valence-corrected chi connectivity index (χ4v) is 3.53. The van der Waals surface area contributed by atoms with Gasteiger partial charge in [0.2, 0.25) is 5.82 Å². The van der Waals surface area contributed by atoms with E-state index in [0.29, 0.717) is 36.2 Å². The summed E-state index contributed by atoms with van der Waals surface area (Å²) >= 11 is 0. The van der Waals surface area contributed by atoms with E-state index in [1.165, 1.54) is 19.3 Å². The van der Waals surface area contributed by atoms with Crippen LogP contribution in [0.1, 0.15) is 56.9 Å². The Morgan fingerprint density at radius 1 is 1.04 bits per heavy atom. The smallest absolute Gasteiger partial charge is 0.257 e. The molecule has 1 aliphatic carbocycles. The number of aliphatic hydroxyl groups excluding tert-OH is 1. The van der Waals surface area contributed by atoms with Crippen molar-refractivity contribution in [3.63, 3.8) is 0 Å². The summed E-state index contributed by atoms with van der Waals surface area (Å²) in [6, 6.07) is 1.79. The van der Waals surface area contributed by atoms with Gasteiger partial charge in [0, 0.05) is 11.8 Å². The minimum absolute atomic E-state index is 0.187. The van der Waals surface area contributed by atoms with E-state index in [1.54, 1.807) is 12.3 Å². The predicted octanol–water partition coefficient (Wildman–Crippen LogP) is 3.30. The summed E-state index contributed by atoms with van der Waals surface area (Å²) in [6.45, 7) is 0.995. The molecule has 134 valence electrons. The van der Waals surface area contributed by atoms with Crippen molar-refractivity contribution in [2.24, 2.45) is 5.92 Å². The van der Waals surface area contributed by atoms with E-state index in [0.717, 1.165) is 25.7 Å². The summed E-state index contributed by atoms with van der Waals surface area (Å²) in [5.41, 5.74) is 0.684. The lowest BCUT2D eigenvalue weighted by Crippen LogP contribution is -2.16. The minimum Gasteiger partial charge on any atom is -0.484 e. The Labute approximate surface area is 146 Å². The normalized spacial score (nSPS) is 19.9. The molecule has 2 aromatic rings. The Morgan fingerprint density at radius 3 is 2.64 bits per heavy atom. The van der Waals surface area contributed by atoms with Crippen LogP contribution in [-0.2, 0) is 0 Å². The molecule has 1 fully saturated rings. The fraction of sp³-hybridized carbons (Fsp3) is 0.611. The first-order chi connectivity index (χ1) is 12.3. The molecule has 1 atom stereocenters. The number of aliphatic hydroxyl groups is 1. The molecule has 1 N–H and O–H groups in total. The van der Waals surface area contributed by atoms with E-state index < -0.39 is 6.10 Å². The van der Waals surface area contributed by atoms with Gasteiger partial charge in [-0.3, -0.25) is 0 Å². The molecule has 1 saturated carbocycles. The lowest BCUT2D eigenvalue weighted by atomic mass is 9.87. The van der Waals surface area contributed by atoms with Crippen molar-refractivity contribution in [3.8, 4) is 23.0 Å². The largest absolute Gasteiger partial charge is 0.484 e. The third kappa shape index (κ3) is 3.61. The highest BCUT2D eigenvalue weighted by molar-refractivity contribution is 5.57. The molecule has 0 bridgehead atoms. The van der Waals surface area contributed by atoms with Crippen LogP contribution in [0.15, 0.2) is 16.8 Å². The summed E-state index contributed by atoms with van der Waals surface area (Å²) in [6.07, 6.45) is 9.00. The third-order valence-corrected chi connectivity index (χ3v) is 4.95. The average Bonchev–Trinajstić information content (AvgIpc) is 3.11. The third-order valence-electron chi connectivity index (χ3n) is 4.95. The molecule has 0 amide bonds. The van der Waals surface area contributed by atoms with Crippen LogP contribution in [0.5, 0.6) is 11.6 Å². The molecule has 1 unspecified atom stereocenters. The van der Waals surface area contributed by atoms with Crippen molar-refractivity contribution in [2.75, 3.05) is 13.2 Å². The Bertz CT molecular complexity index is 710. The molecule has 25 heavy (non-hydrogen) atoms. The molecular weight excluding hydrogens is 322 g/mol. The van der Waals surface area contributed by atoms with Crippen molar-refractivity contribution < 1.29 is 19.1 Å². The first kappa shape index (κ1) is 16.3. The van der Waals surface area contributed by atoms with Crippen molar-refractivity contribution in [1.82, 2.24) is 15.1 Å². The highest BCUT2D eigenvalue weighted by Gasteiger charge is 2.27. The van der Waals surface area contributed by atoms with Crippen LogP contribution in [0.3, 0.4) is 0 Å². The molecule has 7 nitrogen and oxygen atoms in total. The SMILES string of the molecule is OC(c1nc(-c2cnc3c(c2)OCCO3)no1)C1CCCCCCC1. The zero-order valence-corrected chi connectivity index (χ0v) is 14.2. The van der Waals surface area contributed by atoms with E-state index in [-0.39, 0.29) is 11.8 Å². The second kappa shape index (κ2) is 7.39. The van der Waals surface area contributed by atoms with Gasteiger partial charge in [0.15, 0.2) is 5.75 Å². The first-order valence-electron chi connectivity index (χ1n) is 9.09. The lowest BCUT2D eigenvalue weighted by molar-refractivity contribution is 0.0605. The maximum Gasteiger partial charge on any atom is 0.257 e. The molecule has 2 aromatic heterocycles. The summed E-state index contributed by atoms with van der Waals surface area (Å²) in [4.78, 5) is 8.63. The Kier molecular flexibility index (Phi) is 4.83. The van der Waals surface area contributed by atoms with E-state index in [4.69, 9.17) is 14.0 Å². The van der Waals surface area contributed by atoms with E-state index >= 15 is 0 Å². The molecule has 7 heteroatoms. The average molecular weight is 345 g/mol. The number of ether oxygens (including phenoxy) is 2. The van der Waals surface area contributed by atoms with Crippen molar-refractivity contribution >= 4 is 0 Å². The Balaban J connectivity index is 1.51. The van der Waals surface area contributed by atoms with Crippen molar-refractivity contribution in [2.45, 2.75) is 51.0 Å². The van der Waals surface area contributed by atoms with Gasteiger partial charge in [0.05, 0.1) is 0 Å². The van der Waals surface area contributed by atoms with Crippen molar-refractivity contribution in [3.05, 3.63) is 18.2 Å². The van der Waals surface area contributed by atoms with Gasteiger partial charge < -0.3 is 19.1 Å². The first-order valence-corrected chi connectivity index (χ1v) is 9.09. The lowest BCUT2D eigenvalue weighted by Gasteiger charge is -2.22. The van der Waals surface area contributed by atoms with E-state index in [1.807, 2.05) is 0 Å². The van der Waals surface area contributed by atoms with Gasteiger partial charge in [-0.25, -0.2) is 4.98 Å². The monoisotopic (exact) mass is 345 g/mol. The van der Waals surface area contributed by atoms with Crippen LogP contribution in [0, 0.1) is 5.92 Å². The predicted molar refractivity (Wildman–Crippen MR) is 89.3 cm³/mol. The van der Waals surface area contributed by atoms with Gasteiger partial charge in [-0.05, 0) is 24.8 Å². The maximum absolute atomic E-state index is 10.7. The molecule has 2 aliphatic rings. The van der Waals surface area contributed by atoms with Gasteiger partial charge in [-0.15, -0.1) is 0 Å². The highest BCUT2D eigenvalue weighted by Crippen LogP contribution is 2.34. The molecule has 1 aliphatic heterocycles. The zero-order valence-electron chi connectivity index (χ0n) is 14.2. The van der Waals surface area contributed by atoms with E-state index in [9.17, 15) is 5.11 Å². The topological polar surface area (TPSA) is 90.5 Å². The van der Waals surface area contributed by atoms with Gasteiger partial charge in [-0.2, -0.15) is 4.98 Å². The summed E-state index contributed by atoms with van der Waals surface area (Å²) in [7, 11) is 0. The zero-order chi connectivity index (χ0) is 17.1. The number of aromatic nitrogens is 3. The fourth-order valence-electron chi connectivity index (χ4n) is 3.53. The number of fused-ring (bicyclic) bond motifs is 1. The van der Waals surface area contributed by atoms with Gasteiger partial charge in [0.25, 0.3) is 11.8 Å². The molecule has 0 aromatic carbocycles. The van der Waals surface area contributed by atoms with Crippen LogP contribution in [-0.4, -0.2) is 33.4 Å². The maximum atomic E-state index is 10.7. The Hall–Kier alpha value is -2.15. The highest BCUT2D eigenvalue weighted by atomic mass is 16.6. The number of rotatable bonds is 3. The van der Waals surface area contributed by atoms with Crippen LogP contribution in [0.2, 0.25) is 0 Å². The van der Waals surface area contributed by atoms with Crippen molar-refractivity contribution in [1.29, 1.82) is 0 Å². The Morgan fingerprint density at radius 2 is 1.80 bits per heavy atom. The second-order valence-electron chi connectivity index (χ2n) is 6.73. The molecular formula is C18H23N3O4. The van der Waals surface area contributed by atoms with Crippen LogP contribution >= 0.6 is 0 Å². The molecule has 3 heterocycles. The quantitative estimate of drug-likeness (QED) is 0.912. The summed E-state index contributed by atoms with van der Waals surface area (Å²) in [5.74, 6) is 1.94. The standard InChI is InChI=1S/C18H23N3O4/c22-15(12-6-4-2-1-3-5-7-12)18-20-16(21-25-18)13-10-14-17(19-11-13)24-9-8-23-14/h10-12,15,22H,1-9H2. The number of hydrogen-bond acceptors (Lipinski definition) is 7. The minimum atomic E-state index is -0.704.